The lowest BCUT2D eigenvalue weighted by Gasteiger charge is -2.13. The van der Waals surface area contributed by atoms with Crippen LogP contribution in [0.4, 0.5) is 0 Å². The van der Waals surface area contributed by atoms with Gasteiger partial charge in [-0.05, 0) is 23.6 Å². The number of ether oxygens (including phenoxy) is 1. The van der Waals surface area contributed by atoms with E-state index in [2.05, 4.69) is 19.9 Å². The second kappa shape index (κ2) is 7.08. The Morgan fingerprint density at radius 3 is 2.39 bits per heavy atom. The standard InChI is InChI=1S/C15H18ClNO/c1-4-15(18-10-11(2)3)14(9-17)12-5-7-13(16)8-6-12/h5-8,11H,4,10H2,1-3H3/b15-14+. The maximum atomic E-state index is 9.29. The van der Waals surface area contributed by atoms with Crippen LogP contribution in [-0.2, 0) is 4.74 Å². The first-order valence-electron chi connectivity index (χ1n) is 6.10. The maximum absolute atomic E-state index is 9.29. The SMILES string of the molecule is CC/C(OCC(C)C)=C(/C#N)c1ccc(Cl)cc1. The van der Waals surface area contributed by atoms with Crippen LogP contribution >= 0.6 is 11.6 Å². The summed E-state index contributed by atoms with van der Waals surface area (Å²) in [7, 11) is 0. The van der Waals surface area contributed by atoms with Crippen LogP contribution < -0.4 is 0 Å². The molecule has 1 aromatic carbocycles. The van der Waals surface area contributed by atoms with Gasteiger partial charge in [-0.3, -0.25) is 0 Å². The number of hydrogen-bond acceptors (Lipinski definition) is 2. The zero-order valence-electron chi connectivity index (χ0n) is 11.0. The van der Waals surface area contributed by atoms with Gasteiger partial charge in [-0.1, -0.05) is 44.5 Å². The number of hydrogen-bond donors (Lipinski definition) is 0. The molecule has 0 aliphatic carbocycles. The number of allylic oxidation sites excluding steroid dienone is 2. The summed E-state index contributed by atoms with van der Waals surface area (Å²) in [6.45, 7) is 6.79. The van der Waals surface area contributed by atoms with Crippen molar-refractivity contribution in [1.29, 1.82) is 5.26 Å². The van der Waals surface area contributed by atoms with Crippen LogP contribution in [0, 0.1) is 17.2 Å². The van der Waals surface area contributed by atoms with E-state index < -0.39 is 0 Å². The van der Waals surface area contributed by atoms with Crippen LogP contribution in [0.15, 0.2) is 30.0 Å². The van der Waals surface area contributed by atoms with E-state index in [4.69, 9.17) is 16.3 Å². The second-order valence-electron chi connectivity index (χ2n) is 4.48. The molecule has 0 aliphatic rings. The Bertz CT molecular complexity index is 454. The largest absolute Gasteiger partial charge is 0.496 e. The minimum atomic E-state index is 0.441. The summed E-state index contributed by atoms with van der Waals surface area (Å²) in [5.41, 5.74) is 1.44. The lowest BCUT2D eigenvalue weighted by atomic mass is 10.0. The predicted octanol–water partition coefficient (Wildman–Crippen LogP) is 4.66. The summed E-state index contributed by atoms with van der Waals surface area (Å²) in [5.74, 6) is 1.19. The average molecular weight is 264 g/mol. The van der Waals surface area contributed by atoms with E-state index in [9.17, 15) is 5.26 Å². The fraction of sp³-hybridized carbons (Fsp3) is 0.400. The molecule has 0 fully saturated rings. The van der Waals surface area contributed by atoms with Crippen molar-refractivity contribution in [3.8, 4) is 6.07 Å². The van der Waals surface area contributed by atoms with Gasteiger partial charge in [0, 0.05) is 11.4 Å². The highest BCUT2D eigenvalue weighted by molar-refractivity contribution is 6.30. The van der Waals surface area contributed by atoms with E-state index >= 15 is 0 Å². The molecule has 1 aromatic rings. The van der Waals surface area contributed by atoms with Crippen molar-refractivity contribution < 1.29 is 4.74 Å². The minimum Gasteiger partial charge on any atom is -0.496 e. The van der Waals surface area contributed by atoms with Gasteiger partial charge >= 0.3 is 0 Å². The van der Waals surface area contributed by atoms with Gasteiger partial charge in [-0.15, -0.1) is 0 Å². The lowest BCUT2D eigenvalue weighted by Crippen LogP contribution is -2.03. The molecule has 0 amide bonds. The Kier molecular flexibility index (Phi) is 5.74. The molecule has 0 saturated heterocycles. The molecule has 2 nitrogen and oxygen atoms in total. The van der Waals surface area contributed by atoms with Crippen LogP contribution in [0.3, 0.4) is 0 Å². The molecule has 18 heavy (non-hydrogen) atoms. The number of rotatable bonds is 5. The van der Waals surface area contributed by atoms with Crippen LogP contribution in [0.2, 0.25) is 5.02 Å². The quantitative estimate of drug-likeness (QED) is 0.572. The van der Waals surface area contributed by atoms with Gasteiger partial charge in [-0.25, -0.2) is 0 Å². The van der Waals surface area contributed by atoms with E-state index in [0.29, 0.717) is 29.5 Å². The molecule has 3 heteroatoms. The van der Waals surface area contributed by atoms with Gasteiger partial charge in [-0.2, -0.15) is 5.26 Å². The number of nitriles is 1. The molecule has 1 rings (SSSR count). The van der Waals surface area contributed by atoms with Crippen molar-refractivity contribution in [2.75, 3.05) is 6.61 Å². The topological polar surface area (TPSA) is 33.0 Å². The summed E-state index contributed by atoms with van der Waals surface area (Å²) in [5, 5.41) is 9.96. The highest BCUT2D eigenvalue weighted by Crippen LogP contribution is 2.23. The summed E-state index contributed by atoms with van der Waals surface area (Å²) < 4.78 is 5.71. The van der Waals surface area contributed by atoms with Crippen molar-refractivity contribution >= 4 is 17.2 Å². The summed E-state index contributed by atoms with van der Waals surface area (Å²) in [6, 6.07) is 9.47. The second-order valence-corrected chi connectivity index (χ2v) is 4.91. The van der Waals surface area contributed by atoms with Crippen molar-refractivity contribution in [3.05, 3.63) is 40.6 Å². The lowest BCUT2D eigenvalue weighted by molar-refractivity contribution is 0.175. The molecular formula is C15H18ClNO. The van der Waals surface area contributed by atoms with Gasteiger partial charge in [0.15, 0.2) is 0 Å². The third-order valence-electron chi connectivity index (χ3n) is 2.44. The third kappa shape index (κ3) is 4.09. The molecule has 0 N–H and O–H groups in total. The van der Waals surface area contributed by atoms with Gasteiger partial charge in [0.05, 0.1) is 12.2 Å². The zero-order valence-corrected chi connectivity index (χ0v) is 11.8. The summed E-state index contributed by atoms with van der Waals surface area (Å²) in [4.78, 5) is 0. The number of nitrogens with zero attached hydrogens (tertiary/aromatic N) is 1. The van der Waals surface area contributed by atoms with Gasteiger partial charge < -0.3 is 4.74 Å². The maximum Gasteiger partial charge on any atom is 0.114 e. The van der Waals surface area contributed by atoms with E-state index in [0.717, 1.165) is 11.3 Å². The van der Waals surface area contributed by atoms with Crippen LogP contribution in [0.1, 0.15) is 32.8 Å². The van der Waals surface area contributed by atoms with Crippen LogP contribution in [-0.4, -0.2) is 6.61 Å². The first-order chi connectivity index (χ1) is 8.58. The molecule has 0 atom stereocenters. The smallest absolute Gasteiger partial charge is 0.114 e. The fourth-order valence-electron chi connectivity index (χ4n) is 1.52. The third-order valence-corrected chi connectivity index (χ3v) is 2.69. The molecule has 0 spiro atoms. The van der Waals surface area contributed by atoms with Gasteiger partial charge in [0.25, 0.3) is 0 Å². The first kappa shape index (κ1) is 14.6. The Hall–Kier alpha value is -1.46. The molecule has 0 aliphatic heterocycles. The Balaban J connectivity index is 3.04. The van der Waals surface area contributed by atoms with Crippen molar-refractivity contribution in [3.63, 3.8) is 0 Å². The normalized spacial score (nSPS) is 12.0. The molecule has 0 unspecified atom stereocenters. The Morgan fingerprint density at radius 1 is 1.33 bits per heavy atom. The molecule has 0 heterocycles. The highest BCUT2D eigenvalue weighted by Gasteiger charge is 2.10. The number of halogens is 1. The van der Waals surface area contributed by atoms with Crippen molar-refractivity contribution in [2.24, 2.45) is 5.92 Å². The molecular weight excluding hydrogens is 246 g/mol. The monoisotopic (exact) mass is 263 g/mol. The molecule has 96 valence electrons. The fourth-order valence-corrected chi connectivity index (χ4v) is 1.65. The molecule has 0 radical (unpaired) electrons. The van der Waals surface area contributed by atoms with E-state index in [1.807, 2.05) is 19.1 Å². The van der Waals surface area contributed by atoms with Crippen LogP contribution in [0.5, 0.6) is 0 Å². The molecule has 0 saturated carbocycles. The van der Waals surface area contributed by atoms with Crippen molar-refractivity contribution in [1.82, 2.24) is 0 Å². The summed E-state index contributed by atoms with van der Waals surface area (Å²) in [6.07, 6.45) is 0.707. The highest BCUT2D eigenvalue weighted by atomic mass is 35.5. The van der Waals surface area contributed by atoms with Gasteiger partial charge in [0.2, 0.25) is 0 Å². The Morgan fingerprint density at radius 2 is 1.94 bits per heavy atom. The average Bonchev–Trinajstić information content (AvgIpc) is 2.35. The minimum absolute atomic E-state index is 0.441. The molecule has 0 bridgehead atoms. The summed E-state index contributed by atoms with van der Waals surface area (Å²) >= 11 is 5.85. The van der Waals surface area contributed by atoms with E-state index in [1.165, 1.54) is 0 Å². The number of benzene rings is 1. The zero-order chi connectivity index (χ0) is 13.5. The Labute approximate surface area is 114 Å². The van der Waals surface area contributed by atoms with Crippen molar-refractivity contribution in [2.45, 2.75) is 27.2 Å². The van der Waals surface area contributed by atoms with Gasteiger partial charge in [0.1, 0.15) is 11.8 Å². The van der Waals surface area contributed by atoms with Crippen LogP contribution in [0.25, 0.3) is 5.57 Å². The predicted molar refractivity (Wildman–Crippen MR) is 75.1 cm³/mol. The van der Waals surface area contributed by atoms with E-state index in [1.54, 1.807) is 12.1 Å². The van der Waals surface area contributed by atoms with E-state index in [-0.39, 0.29) is 0 Å². The first-order valence-corrected chi connectivity index (χ1v) is 6.48. The molecule has 0 aromatic heterocycles.